The predicted octanol–water partition coefficient (Wildman–Crippen LogP) is 3.16. The van der Waals surface area contributed by atoms with Crippen molar-refractivity contribution in [2.75, 3.05) is 19.6 Å². The van der Waals surface area contributed by atoms with Crippen LogP contribution < -0.4 is 21.8 Å². The second-order valence-corrected chi connectivity index (χ2v) is 16.1. The standard InChI is InChI=1S/C32H43IN8O2/c1-32(33)17-40(30(43)21-5-3-2-4-6-21)16-26(32)38-31-39-36-18-41(31)23-12-11-22-13-25(37-29(42)20-9-10-20)27(24(22)14-23)28(34)35-15-19-7-8-19/h2-6,18-20,22-24,26,31,38-39H,7-17H2,1H3,(H2,34,35)(H,37,42)/t22?,23-,24?,26?,31?,32?/m0/s1. The highest BCUT2D eigenvalue weighted by Gasteiger charge is 2.47. The monoisotopic (exact) mass is 698 g/mol. The minimum Gasteiger partial charge on any atom is -0.384 e. The van der Waals surface area contributed by atoms with Crippen molar-refractivity contribution in [2.24, 2.45) is 39.5 Å². The molecule has 1 aromatic rings. The minimum atomic E-state index is -0.156. The number of hydrazone groups is 1. The third-order valence-corrected chi connectivity index (χ3v) is 11.3. The zero-order chi connectivity index (χ0) is 29.7. The van der Waals surface area contributed by atoms with Gasteiger partial charge in [-0.05, 0) is 88.2 Å². The van der Waals surface area contributed by atoms with Crippen molar-refractivity contribution in [3.8, 4) is 0 Å². The van der Waals surface area contributed by atoms with Gasteiger partial charge in [-0.1, -0.05) is 40.8 Å². The van der Waals surface area contributed by atoms with E-state index in [9.17, 15) is 9.59 Å². The molecule has 4 aliphatic carbocycles. The van der Waals surface area contributed by atoms with E-state index in [4.69, 9.17) is 10.7 Å². The Balaban J connectivity index is 1.05. The molecule has 6 aliphatic rings. The molecule has 0 radical (unpaired) electrons. The summed E-state index contributed by atoms with van der Waals surface area (Å²) in [6, 6.07) is 9.89. The number of hydrogen-bond donors (Lipinski definition) is 4. The molecule has 10 nitrogen and oxygen atoms in total. The largest absolute Gasteiger partial charge is 0.384 e. The molecule has 0 spiro atoms. The van der Waals surface area contributed by atoms with Gasteiger partial charge < -0.3 is 20.9 Å². The van der Waals surface area contributed by atoms with Gasteiger partial charge in [0.15, 0.2) is 6.29 Å². The molecule has 0 bridgehead atoms. The van der Waals surface area contributed by atoms with Gasteiger partial charge in [-0.3, -0.25) is 25.3 Å². The van der Waals surface area contributed by atoms with E-state index in [1.807, 2.05) is 41.6 Å². The van der Waals surface area contributed by atoms with E-state index in [1.54, 1.807) is 0 Å². The Morgan fingerprint density at radius 2 is 1.95 bits per heavy atom. The zero-order valence-corrected chi connectivity index (χ0v) is 27.0. The molecular formula is C32H43IN8O2. The molecule has 1 saturated heterocycles. The van der Waals surface area contributed by atoms with Gasteiger partial charge in [0.05, 0.1) is 3.42 Å². The summed E-state index contributed by atoms with van der Waals surface area (Å²) in [5, 5.41) is 11.6. The minimum absolute atomic E-state index is 0.0738. The first kappa shape index (κ1) is 29.1. The van der Waals surface area contributed by atoms with E-state index in [0.717, 1.165) is 61.9 Å². The number of halogens is 1. The number of allylic oxidation sites excluding steroid dienone is 1. The number of benzene rings is 1. The number of aliphatic imine (C=N–C) groups is 1. The van der Waals surface area contributed by atoms with Crippen LogP contribution >= 0.6 is 22.6 Å². The number of hydrogen-bond acceptors (Lipinski definition) is 7. The second-order valence-electron chi connectivity index (χ2n) is 13.6. The van der Waals surface area contributed by atoms with Gasteiger partial charge in [0.25, 0.3) is 5.91 Å². The van der Waals surface area contributed by atoms with E-state index in [2.05, 4.69) is 55.6 Å². The molecule has 5 unspecified atom stereocenters. The number of nitrogens with zero attached hydrogens (tertiary/aromatic N) is 4. The number of rotatable bonds is 9. The lowest BCUT2D eigenvalue weighted by atomic mass is 9.75. The highest BCUT2D eigenvalue weighted by molar-refractivity contribution is 14.1. The predicted molar refractivity (Wildman–Crippen MR) is 175 cm³/mol. The molecule has 2 heterocycles. The van der Waals surface area contributed by atoms with E-state index in [0.29, 0.717) is 30.8 Å². The molecule has 2 aliphatic heterocycles. The Hall–Kier alpha value is -2.67. The van der Waals surface area contributed by atoms with Gasteiger partial charge >= 0.3 is 0 Å². The van der Waals surface area contributed by atoms with Crippen LogP contribution in [-0.2, 0) is 4.79 Å². The number of carbonyl (C=O) groups excluding carboxylic acids is 2. The van der Waals surface area contributed by atoms with E-state index in [-0.39, 0.29) is 45.4 Å². The molecule has 230 valence electrons. The fraction of sp³-hybridized carbons (Fsp3) is 0.625. The summed E-state index contributed by atoms with van der Waals surface area (Å²) in [7, 11) is 0. The number of likely N-dealkylation sites (tertiary alicyclic amines) is 1. The Morgan fingerprint density at radius 1 is 1.16 bits per heavy atom. The fourth-order valence-electron chi connectivity index (χ4n) is 7.37. The van der Waals surface area contributed by atoms with Crippen LogP contribution in [0.4, 0.5) is 0 Å². The molecule has 0 aromatic heterocycles. The van der Waals surface area contributed by atoms with Crippen molar-refractivity contribution < 1.29 is 9.59 Å². The maximum atomic E-state index is 13.2. The van der Waals surface area contributed by atoms with E-state index < -0.39 is 0 Å². The highest BCUT2D eigenvalue weighted by Crippen LogP contribution is 2.47. The van der Waals surface area contributed by atoms with Crippen molar-refractivity contribution in [1.82, 2.24) is 25.9 Å². The third kappa shape index (κ3) is 6.16. The van der Waals surface area contributed by atoms with Crippen LogP contribution in [0.15, 0.2) is 51.7 Å². The van der Waals surface area contributed by atoms with Crippen molar-refractivity contribution in [1.29, 1.82) is 0 Å². The molecular weight excluding hydrogens is 655 g/mol. The summed E-state index contributed by atoms with van der Waals surface area (Å²) in [6.45, 7) is 4.32. The molecule has 5 N–H and O–H groups in total. The maximum Gasteiger partial charge on any atom is 0.253 e. The summed E-state index contributed by atoms with van der Waals surface area (Å²) in [5.41, 5.74) is 12.8. The van der Waals surface area contributed by atoms with Gasteiger partial charge in [0.1, 0.15) is 12.2 Å². The van der Waals surface area contributed by atoms with Crippen LogP contribution in [-0.4, -0.2) is 75.2 Å². The van der Waals surface area contributed by atoms with Crippen LogP contribution in [0.25, 0.3) is 0 Å². The highest BCUT2D eigenvalue weighted by atomic mass is 127. The average Bonchev–Trinajstić information content (AvgIpc) is 3.92. The number of alkyl halides is 1. The molecule has 2 amide bonds. The van der Waals surface area contributed by atoms with Gasteiger partial charge in [-0.25, -0.2) is 0 Å². The average molecular weight is 699 g/mol. The smallest absolute Gasteiger partial charge is 0.253 e. The molecule has 3 saturated carbocycles. The first-order valence-electron chi connectivity index (χ1n) is 16.0. The van der Waals surface area contributed by atoms with Gasteiger partial charge in [0.2, 0.25) is 5.91 Å². The first-order chi connectivity index (χ1) is 20.8. The number of amides is 2. The molecule has 43 heavy (non-hydrogen) atoms. The summed E-state index contributed by atoms with van der Waals surface area (Å²) in [5.74, 6) is 2.41. The maximum absolute atomic E-state index is 13.2. The SMILES string of the molecule is CC1(I)CN(C(=O)c2ccccc2)CC1NC1NN=CN1[C@H]1CCC2CC(NC(=O)C3CC3)=C(C(N)=NCC3CC3)C2C1. The van der Waals surface area contributed by atoms with Crippen LogP contribution in [0.3, 0.4) is 0 Å². The second kappa shape index (κ2) is 11.7. The summed E-state index contributed by atoms with van der Waals surface area (Å²) >= 11 is 2.50. The van der Waals surface area contributed by atoms with Crippen LogP contribution in [0.5, 0.6) is 0 Å². The molecule has 11 heteroatoms. The lowest BCUT2D eigenvalue weighted by Crippen LogP contribution is -2.59. The molecule has 1 aromatic carbocycles. The Bertz CT molecular complexity index is 1340. The third-order valence-electron chi connectivity index (χ3n) is 10.2. The van der Waals surface area contributed by atoms with Crippen molar-refractivity contribution >= 4 is 46.6 Å². The molecule has 7 rings (SSSR count). The van der Waals surface area contributed by atoms with Gasteiger partial charge in [-0.2, -0.15) is 5.10 Å². The number of fused-ring (bicyclic) bond motifs is 1. The number of nitrogens with one attached hydrogen (secondary N) is 3. The first-order valence-corrected chi connectivity index (χ1v) is 17.0. The van der Waals surface area contributed by atoms with Gasteiger partial charge in [0, 0.05) is 54.5 Å². The van der Waals surface area contributed by atoms with Crippen LogP contribution in [0.1, 0.15) is 68.6 Å². The fourth-order valence-corrected chi connectivity index (χ4v) is 8.16. The van der Waals surface area contributed by atoms with Crippen LogP contribution in [0.2, 0.25) is 0 Å². The van der Waals surface area contributed by atoms with Gasteiger partial charge in [-0.15, -0.1) is 0 Å². The normalized spacial score (nSPS) is 34.0. The Morgan fingerprint density at radius 3 is 2.70 bits per heavy atom. The topological polar surface area (TPSA) is 127 Å². The molecule has 6 atom stereocenters. The zero-order valence-electron chi connectivity index (χ0n) is 24.8. The summed E-state index contributed by atoms with van der Waals surface area (Å²) in [6.07, 6.45) is 10.2. The van der Waals surface area contributed by atoms with E-state index in [1.165, 1.54) is 12.8 Å². The number of carbonyl (C=O) groups is 2. The number of amidine groups is 1. The Labute approximate surface area is 267 Å². The Kier molecular flexibility index (Phi) is 7.90. The number of nitrogens with two attached hydrogens (primary N) is 1. The summed E-state index contributed by atoms with van der Waals surface area (Å²) in [4.78, 5) is 35.1. The lowest BCUT2D eigenvalue weighted by Gasteiger charge is -2.41. The lowest BCUT2D eigenvalue weighted by molar-refractivity contribution is -0.121. The van der Waals surface area contributed by atoms with Crippen molar-refractivity contribution in [2.45, 2.75) is 80.1 Å². The molecule has 4 fully saturated rings. The van der Waals surface area contributed by atoms with E-state index >= 15 is 0 Å². The van der Waals surface area contributed by atoms with Crippen molar-refractivity contribution in [3.05, 3.63) is 47.2 Å². The van der Waals surface area contributed by atoms with Crippen molar-refractivity contribution in [3.63, 3.8) is 0 Å². The quantitative estimate of drug-likeness (QED) is 0.136. The summed E-state index contributed by atoms with van der Waals surface area (Å²) < 4.78 is -0.127. The van der Waals surface area contributed by atoms with Crippen LogP contribution in [0, 0.1) is 23.7 Å².